The number of aryl methyl sites for hydroxylation is 1. The van der Waals surface area contributed by atoms with Crippen molar-refractivity contribution in [1.82, 2.24) is 14.6 Å². The van der Waals surface area contributed by atoms with Crippen LogP contribution >= 0.6 is 0 Å². The van der Waals surface area contributed by atoms with Gasteiger partial charge < -0.3 is 14.6 Å². The molecule has 0 aliphatic heterocycles. The average molecular weight is 317 g/mol. The van der Waals surface area contributed by atoms with Crippen molar-refractivity contribution in [3.05, 3.63) is 18.0 Å². The summed E-state index contributed by atoms with van der Waals surface area (Å²) in [6.07, 6.45) is 1.68. The Labute approximate surface area is 127 Å². The molecule has 1 aromatic heterocycles. The first-order valence-corrected chi connectivity index (χ1v) is 8.88. The summed E-state index contributed by atoms with van der Waals surface area (Å²) in [4.78, 5) is 0.307. The number of nitrogens with one attached hydrogen (secondary N) is 2. The van der Waals surface area contributed by atoms with E-state index in [1.54, 1.807) is 12.3 Å². The van der Waals surface area contributed by atoms with Crippen LogP contribution in [0.2, 0.25) is 0 Å². The maximum absolute atomic E-state index is 12.2. The first-order valence-electron chi connectivity index (χ1n) is 7.40. The summed E-state index contributed by atoms with van der Waals surface area (Å²) in [7, 11) is -3.47. The molecule has 0 amide bonds. The van der Waals surface area contributed by atoms with Gasteiger partial charge in [-0.25, -0.2) is 13.1 Å². The van der Waals surface area contributed by atoms with Crippen LogP contribution in [0.5, 0.6) is 0 Å². The van der Waals surface area contributed by atoms with Crippen LogP contribution in [0, 0.1) is 0 Å². The van der Waals surface area contributed by atoms with Crippen molar-refractivity contribution in [2.24, 2.45) is 0 Å². The van der Waals surface area contributed by atoms with Crippen molar-refractivity contribution in [2.75, 3.05) is 19.8 Å². The van der Waals surface area contributed by atoms with Gasteiger partial charge in [0.05, 0.1) is 11.5 Å². The molecule has 21 heavy (non-hydrogen) atoms. The molecule has 0 atom stereocenters. The molecule has 0 spiro atoms. The summed E-state index contributed by atoms with van der Waals surface area (Å²) in [5.74, 6) is 0. The van der Waals surface area contributed by atoms with Gasteiger partial charge in [-0.3, -0.25) is 0 Å². The summed E-state index contributed by atoms with van der Waals surface area (Å²) < 4.78 is 34.1. The van der Waals surface area contributed by atoms with Gasteiger partial charge in [0, 0.05) is 44.2 Å². The van der Waals surface area contributed by atoms with E-state index in [4.69, 9.17) is 4.74 Å². The zero-order valence-corrected chi connectivity index (χ0v) is 14.2. The van der Waals surface area contributed by atoms with Crippen molar-refractivity contribution >= 4 is 10.0 Å². The summed E-state index contributed by atoms with van der Waals surface area (Å²) in [6.45, 7) is 10.6. The quantitative estimate of drug-likeness (QED) is 0.639. The van der Waals surface area contributed by atoms with E-state index in [1.165, 1.54) is 0 Å². The standard InChI is InChI=1S/C14H27N3O3S/c1-5-17-11-14(9-13(17)10-15-12(3)4)21(18,19)16-7-8-20-6-2/h9,11-12,15-16H,5-8,10H2,1-4H3. The van der Waals surface area contributed by atoms with Crippen molar-refractivity contribution < 1.29 is 13.2 Å². The van der Waals surface area contributed by atoms with Crippen molar-refractivity contribution in [3.8, 4) is 0 Å². The van der Waals surface area contributed by atoms with Gasteiger partial charge in [0.25, 0.3) is 0 Å². The first kappa shape index (κ1) is 18.2. The third kappa shape index (κ3) is 5.78. The smallest absolute Gasteiger partial charge is 0.242 e. The normalized spacial score (nSPS) is 12.2. The molecule has 1 heterocycles. The first-order chi connectivity index (χ1) is 9.90. The van der Waals surface area contributed by atoms with E-state index in [9.17, 15) is 8.42 Å². The fraction of sp³-hybridized carbons (Fsp3) is 0.714. The van der Waals surface area contributed by atoms with Gasteiger partial charge in [-0.1, -0.05) is 13.8 Å². The number of aromatic nitrogens is 1. The third-order valence-electron chi connectivity index (χ3n) is 3.05. The molecule has 0 fully saturated rings. The summed E-state index contributed by atoms with van der Waals surface area (Å²) in [5.41, 5.74) is 0.969. The predicted octanol–water partition coefficient (Wildman–Crippen LogP) is 1.32. The molecule has 0 aliphatic rings. The molecule has 0 unspecified atom stereocenters. The minimum absolute atomic E-state index is 0.285. The average Bonchev–Trinajstić information content (AvgIpc) is 2.85. The Balaban J connectivity index is 2.77. The Hall–Kier alpha value is -0.890. The van der Waals surface area contributed by atoms with Crippen LogP contribution in [0.25, 0.3) is 0 Å². The number of ether oxygens (including phenoxy) is 1. The Bertz CT molecular complexity index is 524. The lowest BCUT2D eigenvalue weighted by Crippen LogP contribution is -2.27. The number of hydrogen-bond donors (Lipinski definition) is 2. The van der Waals surface area contributed by atoms with Gasteiger partial charge in [-0.15, -0.1) is 0 Å². The molecule has 0 aromatic carbocycles. The van der Waals surface area contributed by atoms with Crippen LogP contribution in [-0.2, 0) is 27.8 Å². The zero-order chi connectivity index (χ0) is 15.9. The van der Waals surface area contributed by atoms with E-state index in [0.717, 1.165) is 12.2 Å². The van der Waals surface area contributed by atoms with Crippen LogP contribution < -0.4 is 10.0 Å². The molecule has 0 saturated heterocycles. The maximum atomic E-state index is 12.2. The molecule has 0 saturated carbocycles. The number of nitrogens with zero attached hydrogens (tertiary/aromatic N) is 1. The zero-order valence-electron chi connectivity index (χ0n) is 13.3. The minimum Gasteiger partial charge on any atom is -0.380 e. The Morgan fingerprint density at radius 3 is 2.62 bits per heavy atom. The number of hydrogen-bond acceptors (Lipinski definition) is 4. The summed E-state index contributed by atoms with van der Waals surface area (Å²) >= 11 is 0. The molecule has 1 rings (SSSR count). The maximum Gasteiger partial charge on any atom is 0.242 e. The highest BCUT2D eigenvalue weighted by Crippen LogP contribution is 2.14. The van der Waals surface area contributed by atoms with E-state index in [1.807, 2.05) is 18.4 Å². The molecular formula is C14H27N3O3S. The molecule has 0 bridgehead atoms. The van der Waals surface area contributed by atoms with Gasteiger partial charge in [0.15, 0.2) is 0 Å². The predicted molar refractivity (Wildman–Crippen MR) is 83.8 cm³/mol. The van der Waals surface area contributed by atoms with Crippen LogP contribution in [0.4, 0.5) is 0 Å². The second kappa shape index (κ2) is 8.53. The number of rotatable bonds is 10. The summed E-state index contributed by atoms with van der Waals surface area (Å²) in [5, 5.41) is 3.31. The van der Waals surface area contributed by atoms with Gasteiger partial charge in [-0.05, 0) is 19.9 Å². The van der Waals surface area contributed by atoms with E-state index >= 15 is 0 Å². The Morgan fingerprint density at radius 1 is 1.33 bits per heavy atom. The molecule has 0 radical (unpaired) electrons. The van der Waals surface area contributed by atoms with Crippen molar-refractivity contribution in [1.29, 1.82) is 0 Å². The highest BCUT2D eigenvalue weighted by Gasteiger charge is 2.17. The fourth-order valence-electron chi connectivity index (χ4n) is 1.90. The van der Waals surface area contributed by atoms with Crippen LogP contribution in [0.1, 0.15) is 33.4 Å². The SMILES string of the molecule is CCOCCNS(=O)(=O)c1cc(CNC(C)C)n(CC)c1. The van der Waals surface area contributed by atoms with Crippen LogP contribution in [0.3, 0.4) is 0 Å². The molecule has 7 heteroatoms. The van der Waals surface area contributed by atoms with Crippen LogP contribution in [0.15, 0.2) is 17.2 Å². The Kier molecular flexibility index (Phi) is 7.37. The topological polar surface area (TPSA) is 72.4 Å². The van der Waals surface area contributed by atoms with E-state index < -0.39 is 10.0 Å². The third-order valence-corrected chi connectivity index (χ3v) is 4.47. The molecule has 1 aromatic rings. The second-order valence-electron chi connectivity index (χ2n) is 5.08. The van der Waals surface area contributed by atoms with E-state index in [-0.39, 0.29) is 6.54 Å². The fourth-order valence-corrected chi connectivity index (χ4v) is 2.98. The van der Waals surface area contributed by atoms with Crippen molar-refractivity contribution in [2.45, 2.75) is 51.7 Å². The highest BCUT2D eigenvalue weighted by molar-refractivity contribution is 7.89. The lowest BCUT2D eigenvalue weighted by molar-refractivity contribution is 0.153. The molecular weight excluding hydrogens is 290 g/mol. The largest absolute Gasteiger partial charge is 0.380 e. The molecule has 2 N–H and O–H groups in total. The second-order valence-corrected chi connectivity index (χ2v) is 6.85. The van der Waals surface area contributed by atoms with E-state index in [2.05, 4.69) is 23.9 Å². The van der Waals surface area contributed by atoms with Gasteiger partial charge >= 0.3 is 0 Å². The molecule has 6 nitrogen and oxygen atoms in total. The van der Waals surface area contributed by atoms with Gasteiger partial charge in [0.2, 0.25) is 10.0 Å². The van der Waals surface area contributed by atoms with Gasteiger partial charge in [-0.2, -0.15) is 0 Å². The molecule has 0 aliphatic carbocycles. The minimum atomic E-state index is -3.47. The Morgan fingerprint density at radius 2 is 2.05 bits per heavy atom. The van der Waals surface area contributed by atoms with E-state index in [0.29, 0.717) is 30.7 Å². The highest BCUT2D eigenvalue weighted by atomic mass is 32.2. The van der Waals surface area contributed by atoms with Crippen LogP contribution in [-0.4, -0.2) is 38.8 Å². The lowest BCUT2D eigenvalue weighted by atomic mass is 10.3. The lowest BCUT2D eigenvalue weighted by Gasteiger charge is -2.09. The summed E-state index contributed by atoms with van der Waals surface area (Å²) in [6, 6.07) is 2.08. The van der Waals surface area contributed by atoms with Crippen molar-refractivity contribution in [3.63, 3.8) is 0 Å². The monoisotopic (exact) mass is 317 g/mol. The number of sulfonamides is 1. The molecule has 122 valence electrons. The van der Waals surface area contributed by atoms with Gasteiger partial charge in [0.1, 0.15) is 0 Å².